The van der Waals surface area contributed by atoms with E-state index in [-0.39, 0.29) is 145 Å². The second-order valence-corrected chi connectivity index (χ2v) is 32.9. The Labute approximate surface area is 467 Å². The zero-order valence-electron chi connectivity index (χ0n) is 45.1. The second-order valence-electron chi connectivity index (χ2n) is 21.6. The van der Waals surface area contributed by atoms with Crippen molar-refractivity contribution in [3.8, 4) is 34.5 Å². The number of fused-ring (bicyclic) bond motifs is 6. The molecule has 0 fully saturated rings. The predicted molar refractivity (Wildman–Crippen MR) is 301 cm³/mol. The summed E-state index contributed by atoms with van der Waals surface area (Å²) in [5.41, 5.74) is -1.60. The van der Waals surface area contributed by atoms with Crippen LogP contribution in [0.5, 0.6) is 34.5 Å². The number of anilines is 3. The van der Waals surface area contributed by atoms with Crippen molar-refractivity contribution in [2.24, 2.45) is 0 Å². The molecule has 6 aliphatic rings. The van der Waals surface area contributed by atoms with Gasteiger partial charge in [0.15, 0.2) is 79.8 Å². The molecule has 77 heavy (non-hydrogen) atoms. The van der Waals surface area contributed by atoms with Gasteiger partial charge in [-0.3, -0.25) is 0 Å². The van der Waals surface area contributed by atoms with Crippen molar-refractivity contribution >= 4 is 99.5 Å². The van der Waals surface area contributed by atoms with Gasteiger partial charge in [-0.2, -0.15) is 0 Å². The van der Waals surface area contributed by atoms with E-state index in [1.54, 1.807) is 56.2 Å². The third-order valence-electron chi connectivity index (χ3n) is 13.6. The number of aliphatic hydroxyl groups is 7. The third kappa shape index (κ3) is 9.21. The van der Waals surface area contributed by atoms with Crippen LogP contribution in [0.15, 0.2) is 29.4 Å². The summed E-state index contributed by atoms with van der Waals surface area (Å²) in [5, 5.41) is 86.7. The van der Waals surface area contributed by atoms with Crippen LogP contribution in [-0.2, 0) is 20.0 Å². The van der Waals surface area contributed by atoms with E-state index in [0.29, 0.717) is 31.7 Å². The number of ether oxygens (including phenoxy) is 6. The summed E-state index contributed by atoms with van der Waals surface area (Å²) in [7, 11) is -5.13. The van der Waals surface area contributed by atoms with Gasteiger partial charge in [0.05, 0.1) is 69.0 Å². The maximum absolute atomic E-state index is 16.1. The first-order valence-corrected chi connectivity index (χ1v) is 31.2. The normalized spacial score (nSPS) is 22.9. The lowest BCUT2D eigenvalue weighted by atomic mass is 9.78. The molecular weight excluding hydrogens is 1110 g/mol. The number of nitrogens with zero attached hydrogens (tertiary/aromatic N) is 3. The zero-order chi connectivity index (χ0) is 56.3. The maximum atomic E-state index is 16.1. The van der Waals surface area contributed by atoms with Crippen molar-refractivity contribution in [3.63, 3.8) is 0 Å². The summed E-state index contributed by atoms with van der Waals surface area (Å²) in [4.78, 5) is 41.7. The largest absolute Gasteiger partial charge is 0.473 e. The zero-order valence-corrected chi connectivity index (χ0v) is 50.0. The molecule has 3 unspecified atom stereocenters. The standard InChI is InChI=1S/C52H67N3O16S6/c1-46(2)66-34-31(53(13-19-56)14-20-57)37-43(75(25-62)49(7,8)69-37)28(40(34)72-46)52(65,29-41-35(67-47(3,4)73-41)32(54(15-21-58)16-22-59)38-44(29)76(26-63)50(9,10)70-38)30-42-36(68-48(5,6)74-42)33(55(17-23-60)18-24-61)39-45(30)77(27-64)51(11,12)71-39/h56-61,65H,13-24H2,1-12H3. The van der Waals surface area contributed by atoms with Gasteiger partial charge in [-0.1, -0.05) is 35.3 Å². The average Bonchev–Trinajstić information content (AvgIpc) is 4.30. The van der Waals surface area contributed by atoms with Gasteiger partial charge in [0.25, 0.3) is 0 Å². The van der Waals surface area contributed by atoms with Gasteiger partial charge in [0.2, 0.25) is 0 Å². The van der Waals surface area contributed by atoms with Crippen molar-refractivity contribution in [2.45, 2.75) is 148 Å². The Balaban J connectivity index is 1.65. The van der Waals surface area contributed by atoms with Gasteiger partial charge >= 0.3 is 0 Å². The van der Waals surface area contributed by atoms with Gasteiger partial charge in [-0.05, 0) is 115 Å². The number of thioether (sulfide) groups is 3. The van der Waals surface area contributed by atoms with Crippen LogP contribution in [0.1, 0.15) is 99.8 Å². The molecule has 0 aliphatic carbocycles. The molecule has 6 heterocycles. The van der Waals surface area contributed by atoms with Crippen LogP contribution in [0.2, 0.25) is 0 Å². The van der Waals surface area contributed by atoms with Gasteiger partial charge in [0, 0.05) is 56.0 Å². The molecule has 3 aromatic rings. The van der Waals surface area contributed by atoms with Crippen molar-refractivity contribution in [1.29, 1.82) is 0 Å². The highest BCUT2D eigenvalue weighted by Gasteiger charge is 2.62. The van der Waals surface area contributed by atoms with E-state index in [1.165, 1.54) is 35.3 Å². The minimum atomic E-state index is -2.73. The van der Waals surface area contributed by atoms with Crippen molar-refractivity contribution in [1.82, 2.24) is 0 Å². The summed E-state index contributed by atoms with van der Waals surface area (Å²) < 4.78 is 42.0. The first-order chi connectivity index (χ1) is 36.1. The average molecular weight is 1180 g/mol. The second kappa shape index (κ2) is 20.4. The smallest absolute Gasteiger partial charge is 0.164 e. The fourth-order valence-corrected chi connectivity index (χ4v) is 19.9. The number of hydrogen-bond acceptors (Lipinski definition) is 22. The molecule has 25 heteroatoms. The molecule has 19 nitrogen and oxygen atoms in total. The van der Waals surface area contributed by atoms with Crippen LogP contribution < -0.4 is 43.1 Å². The molecule has 0 saturated carbocycles. The number of benzene rings is 3. The quantitative estimate of drug-likeness (QED) is 0.0531. The summed E-state index contributed by atoms with van der Waals surface area (Å²) in [6, 6.07) is 0. The minimum absolute atomic E-state index is 0.0118. The molecule has 0 aromatic heterocycles. The summed E-state index contributed by atoms with van der Waals surface area (Å²) in [6.45, 7) is 19.1. The molecular formula is C52H67N3O16S6. The molecule has 6 aliphatic heterocycles. The highest BCUT2D eigenvalue weighted by atomic mass is 32.2. The topological polar surface area (TPSA) is 258 Å². The molecule has 0 spiro atoms. The number of aliphatic hydroxyl groups excluding tert-OH is 6. The van der Waals surface area contributed by atoms with Crippen molar-refractivity contribution < 1.29 is 78.6 Å². The SMILES string of the molecule is CC1(C)Oc2c(c(C(O)(c3c4c(c(N(CCO)CCO)c5c3S(=C=O)C(C)(C)O5)OC(C)(C)S4)c3c4c(c(N(CCO)CCO)c5c3S(=C=O)C(C)(C)O5)OC(C)(C)S4)c3c(c2N(CCO)CCO)OC(C)(C)S3=C=O)S1. The molecule has 422 valence electrons. The lowest BCUT2D eigenvalue weighted by molar-refractivity contribution is 0.104. The molecule has 0 saturated heterocycles. The number of rotatable bonds is 18. The van der Waals surface area contributed by atoms with E-state index in [9.17, 15) is 45.0 Å². The van der Waals surface area contributed by atoms with E-state index in [0.717, 1.165) is 0 Å². The first kappa shape index (κ1) is 58.1. The first-order valence-electron chi connectivity index (χ1n) is 25.1. The van der Waals surface area contributed by atoms with E-state index >= 15 is 5.11 Å². The fourth-order valence-electron chi connectivity index (χ4n) is 10.9. The Morgan fingerprint density at radius 2 is 0.623 bits per heavy atom. The Morgan fingerprint density at radius 3 is 0.818 bits per heavy atom. The molecule has 3 aromatic carbocycles. The fraction of sp³-hybridized carbons (Fsp3) is 0.596. The number of carbonyl (C=O) groups excluding carboxylic acids is 3. The van der Waals surface area contributed by atoms with Crippen LogP contribution in [0.4, 0.5) is 17.1 Å². The van der Waals surface area contributed by atoms with Crippen LogP contribution in [-0.4, -0.2) is 160 Å². The van der Waals surface area contributed by atoms with E-state index in [2.05, 4.69) is 15.7 Å². The van der Waals surface area contributed by atoms with E-state index in [1.807, 2.05) is 41.5 Å². The summed E-state index contributed by atoms with van der Waals surface area (Å²) in [5.74, 6) is 0.862. The maximum Gasteiger partial charge on any atom is 0.164 e. The van der Waals surface area contributed by atoms with Gasteiger partial charge in [0.1, 0.15) is 22.7 Å². The van der Waals surface area contributed by atoms with Crippen LogP contribution >= 0.6 is 66.7 Å². The van der Waals surface area contributed by atoms with Gasteiger partial charge in [-0.25, -0.2) is 14.4 Å². The minimum Gasteiger partial charge on any atom is -0.473 e. The molecule has 9 rings (SSSR count). The molecule has 0 bridgehead atoms. The van der Waals surface area contributed by atoms with E-state index in [4.69, 9.17) is 28.4 Å². The van der Waals surface area contributed by atoms with Crippen LogP contribution in [0, 0.1) is 0 Å². The van der Waals surface area contributed by atoms with Crippen molar-refractivity contribution in [2.75, 3.05) is 93.6 Å². The summed E-state index contributed by atoms with van der Waals surface area (Å²) in [6.07, 6.45) is 0. The Bertz CT molecular complexity index is 2800. The molecule has 0 amide bonds. The Hall–Kier alpha value is -3.58. The monoisotopic (exact) mass is 1180 g/mol. The third-order valence-corrected chi connectivity index (χ3v) is 23.2. The highest BCUT2D eigenvalue weighted by molar-refractivity contribution is 8.16. The Morgan fingerprint density at radius 1 is 0.403 bits per heavy atom. The van der Waals surface area contributed by atoms with Gasteiger partial charge < -0.3 is 78.9 Å². The van der Waals surface area contributed by atoms with Crippen LogP contribution in [0.3, 0.4) is 0 Å². The van der Waals surface area contributed by atoms with Crippen molar-refractivity contribution in [3.05, 3.63) is 16.7 Å². The lowest BCUT2D eigenvalue weighted by Gasteiger charge is -2.39. The van der Waals surface area contributed by atoms with E-state index < -0.39 is 66.7 Å². The Kier molecular flexibility index (Phi) is 15.4. The molecule has 0 radical (unpaired) electrons. The molecule has 7 N–H and O–H groups in total. The summed E-state index contributed by atoms with van der Waals surface area (Å²) >= 11 is 3.72. The van der Waals surface area contributed by atoms with Crippen LogP contribution in [0.25, 0.3) is 0 Å². The predicted octanol–water partition coefficient (Wildman–Crippen LogP) is 6.48. The van der Waals surface area contributed by atoms with Gasteiger partial charge in [-0.15, -0.1) is 0 Å². The molecule has 3 atom stereocenters. The number of hydrogen-bond donors (Lipinski definition) is 7. The highest BCUT2D eigenvalue weighted by Crippen LogP contribution is 2.76. The lowest BCUT2D eigenvalue weighted by Crippen LogP contribution is -2.35.